The number of hydrogen-bond acceptors (Lipinski definition) is 1. The number of hydrogen-bond donors (Lipinski definition) is 0. The molecule has 0 aromatic heterocycles. The number of fused-ring (bicyclic) bond motifs is 3. The van der Waals surface area contributed by atoms with Crippen LogP contribution in [0.4, 0.5) is 0 Å². The number of nitriles is 1. The van der Waals surface area contributed by atoms with E-state index in [0.717, 1.165) is 0 Å². The SMILES string of the molecule is C[S+](CC#N)c1c2ccccc2cc2cc3ccccc3cc12. The van der Waals surface area contributed by atoms with Crippen molar-refractivity contribution in [1.29, 1.82) is 5.26 Å². The molecule has 0 N–H and O–H groups in total. The van der Waals surface area contributed by atoms with Crippen LogP contribution >= 0.6 is 0 Å². The summed E-state index contributed by atoms with van der Waals surface area (Å²) < 4.78 is 0. The summed E-state index contributed by atoms with van der Waals surface area (Å²) in [6, 6.07) is 26.2. The Morgan fingerprint density at radius 3 is 2.13 bits per heavy atom. The van der Waals surface area contributed by atoms with Crippen LogP contribution < -0.4 is 0 Å². The molecule has 4 aromatic carbocycles. The second kappa shape index (κ2) is 5.61. The van der Waals surface area contributed by atoms with E-state index in [1.807, 2.05) is 0 Å². The van der Waals surface area contributed by atoms with Crippen LogP contribution in [0.3, 0.4) is 0 Å². The molecule has 2 heteroatoms. The van der Waals surface area contributed by atoms with Gasteiger partial charge in [-0.3, -0.25) is 0 Å². The summed E-state index contributed by atoms with van der Waals surface area (Å²) >= 11 is 0. The third-order valence-corrected chi connectivity index (χ3v) is 6.01. The lowest BCUT2D eigenvalue weighted by molar-refractivity contribution is 1.48. The van der Waals surface area contributed by atoms with Gasteiger partial charge in [0.05, 0.1) is 0 Å². The topological polar surface area (TPSA) is 23.8 Å². The average Bonchev–Trinajstić information content (AvgIpc) is 2.58. The van der Waals surface area contributed by atoms with E-state index in [9.17, 15) is 5.26 Å². The van der Waals surface area contributed by atoms with Crippen molar-refractivity contribution in [2.75, 3.05) is 12.0 Å². The summed E-state index contributed by atoms with van der Waals surface area (Å²) in [6.07, 6.45) is 2.18. The molecule has 0 radical (unpaired) electrons. The predicted molar refractivity (Wildman–Crippen MR) is 101 cm³/mol. The lowest BCUT2D eigenvalue weighted by Crippen LogP contribution is -2.05. The summed E-state index contributed by atoms with van der Waals surface area (Å²) in [5, 5.41) is 16.8. The Labute approximate surface area is 138 Å². The quantitative estimate of drug-likeness (QED) is 0.365. The molecule has 0 heterocycles. The van der Waals surface area contributed by atoms with Gasteiger partial charge in [0, 0.05) is 21.7 Å². The van der Waals surface area contributed by atoms with Crippen LogP contribution in [-0.4, -0.2) is 12.0 Å². The van der Waals surface area contributed by atoms with Crippen molar-refractivity contribution in [2.24, 2.45) is 0 Å². The molecule has 1 nitrogen and oxygen atoms in total. The number of rotatable bonds is 2. The van der Waals surface area contributed by atoms with E-state index < -0.39 is 0 Å². The minimum Gasteiger partial charge on any atom is -0.193 e. The first kappa shape index (κ1) is 14.1. The lowest BCUT2D eigenvalue weighted by atomic mass is 10.00. The zero-order valence-corrected chi connectivity index (χ0v) is 13.7. The molecule has 0 fully saturated rings. The smallest absolute Gasteiger partial charge is 0.193 e. The molecule has 0 spiro atoms. The molecule has 0 aliphatic carbocycles. The fourth-order valence-electron chi connectivity index (χ4n) is 3.26. The van der Waals surface area contributed by atoms with Crippen LogP contribution in [0.25, 0.3) is 32.3 Å². The van der Waals surface area contributed by atoms with Gasteiger partial charge in [0.15, 0.2) is 10.6 Å². The van der Waals surface area contributed by atoms with E-state index in [2.05, 4.69) is 79.1 Å². The third-order valence-electron chi connectivity index (χ3n) is 4.31. The Morgan fingerprint density at radius 2 is 1.39 bits per heavy atom. The molecule has 1 unspecified atom stereocenters. The fraction of sp³-hybridized carbons (Fsp3) is 0.0952. The molecule has 0 amide bonds. The highest BCUT2D eigenvalue weighted by molar-refractivity contribution is 7.96. The van der Waals surface area contributed by atoms with Crippen molar-refractivity contribution in [3.05, 3.63) is 66.7 Å². The van der Waals surface area contributed by atoms with Crippen molar-refractivity contribution in [1.82, 2.24) is 0 Å². The minimum absolute atomic E-state index is 0.0866. The Balaban J connectivity index is 2.18. The molecule has 0 bridgehead atoms. The molecular formula is C21H16NS+. The van der Waals surface area contributed by atoms with Crippen LogP contribution in [-0.2, 0) is 10.9 Å². The Hall–Kier alpha value is -2.50. The monoisotopic (exact) mass is 314 g/mol. The van der Waals surface area contributed by atoms with Crippen molar-refractivity contribution < 1.29 is 0 Å². The second-order valence-corrected chi connectivity index (χ2v) is 7.76. The van der Waals surface area contributed by atoms with E-state index in [1.54, 1.807) is 0 Å². The molecule has 1 atom stereocenters. The largest absolute Gasteiger partial charge is 0.198 e. The standard InChI is InChI=1S/C21H16NS/c1-23(11-10-22)21-19-9-5-4-8-17(19)13-18-12-15-6-2-3-7-16(15)14-20(18)21/h2-9,12-14H,11H2,1H3/q+1. The number of nitrogens with zero attached hydrogens (tertiary/aromatic N) is 1. The van der Waals surface area contributed by atoms with Gasteiger partial charge in [-0.2, -0.15) is 5.26 Å². The highest BCUT2D eigenvalue weighted by atomic mass is 32.2. The molecule has 4 rings (SSSR count). The maximum atomic E-state index is 9.17. The summed E-state index contributed by atoms with van der Waals surface area (Å²) in [5.74, 6) is 0.565. The maximum absolute atomic E-state index is 9.17. The Bertz CT molecular complexity index is 1070. The van der Waals surface area contributed by atoms with Gasteiger partial charge in [-0.15, -0.1) is 0 Å². The minimum atomic E-state index is -0.0866. The Kier molecular flexibility index (Phi) is 3.44. The van der Waals surface area contributed by atoms with E-state index in [4.69, 9.17) is 0 Å². The van der Waals surface area contributed by atoms with Crippen molar-refractivity contribution in [2.45, 2.75) is 4.90 Å². The van der Waals surface area contributed by atoms with Gasteiger partial charge in [0.25, 0.3) is 0 Å². The first-order valence-electron chi connectivity index (χ1n) is 7.61. The molecule has 23 heavy (non-hydrogen) atoms. The van der Waals surface area contributed by atoms with Crippen LogP contribution in [0, 0.1) is 11.3 Å². The fourth-order valence-corrected chi connectivity index (χ4v) is 4.71. The van der Waals surface area contributed by atoms with E-state index in [1.165, 1.54) is 37.2 Å². The average molecular weight is 314 g/mol. The molecule has 4 aromatic rings. The Morgan fingerprint density at radius 1 is 0.783 bits per heavy atom. The van der Waals surface area contributed by atoms with Crippen molar-refractivity contribution >= 4 is 43.2 Å². The summed E-state index contributed by atoms with van der Waals surface area (Å²) in [4.78, 5) is 1.32. The van der Waals surface area contributed by atoms with Gasteiger partial charge in [-0.25, -0.2) is 0 Å². The zero-order valence-electron chi connectivity index (χ0n) is 12.9. The lowest BCUT2D eigenvalue weighted by Gasteiger charge is -2.10. The number of benzene rings is 4. The molecular weight excluding hydrogens is 298 g/mol. The first-order valence-corrected chi connectivity index (χ1v) is 9.42. The zero-order chi connectivity index (χ0) is 15.8. The van der Waals surface area contributed by atoms with Gasteiger partial charge in [0.1, 0.15) is 12.3 Å². The van der Waals surface area contributed by atoms with Crippen molar-refractivity contribution in [3.63, 3.8) is 0 Å². The molecule has 0 aliphatic rings. The van der Waals surface area contributed by atoms with Gasteiger partial charge >= 0.3 is 0 Å². The van der Waals surface area contributed by atoms with E-state index in [-0.39, 0.29) is 10.9 Å². The predicted octanol–water partition coefficient (Wildman–Crippen LogP) is 5.28. The van der Waals surface area contributed by atoms with Gasteiger partial charge < -0.3 is 0 Å². The normalized spacial score (nSPS) is 12.5. The van der Waals surface area contributed by atoms with Crippen LogP contribution in [0.15, 0.2) is 71.6 Å². The summed E-state index contributed by atoms with van der Waals surface area (Å²) in [5.41, 5.74) is 0. The highest BCUT2D eigenvalue weighted by Crippen LogP contribution is 2.35. The van der Waals surface area contributed by atoms with E-state index in [0.29, 0.717) is 5.75 Å². The first-order chi connectivity index (χ1) is 11.3. The summed E-state index contributed by atoms with van der Waals surface area (Å²) in [6.45, 7) is 0. The van der Waals surface area contributed by atoms with Crippen LogP contribution in [0.2, 0.25) is 0 Å². The van der Waals surface area contributed by atoms with Gasteiger partial charge in [0.2, 0.25) is 0 Å². The maximum Gasteiger partial charge on any atom is 0.198 e. The summed E-state index contributed by atoms with van der Waals surface area (Å²) in [7, 11) is -0.0866. The van der Waals surface area contributed by atoms with Gasteiger partial charge in [-0.1, -0.05) is 42.5 Å². The van der Waals surface area contributed by atoms with Crippen molar-refractivity contribution in [3.8, 4) is 6.07 Å². The van der Waals surface area contributed by atoms with E-state index >= 15 is 0 Å². The van der Waals surface area contributed by atoms with Crippen LogP contribution in [0.5, 0.6) is 0 Å². The molecule has 0 saturated carbocycles. The third kappa shape index (κ3) is 2.34. The molecule has 0 saturated heterocycles. The second-order valence-electron chi connectivity index (χ2n) is 5.79. The molecule has 0 aliphatic heterocycles. The highest BCUT2D eigenvalue weighted by Gasteiger charge is 2.22. The van der Waals surface area contributed by atoms with Crippen LogP contribution in [0.1, 0.15) is 0 Å². The molecule has 110 valence electrons. The van der Waals surface area contributed by atoms with Gasteiger partial charge in [-0.05, 0) is 45.8 Å².